The highest BCUT2D eigenvalue weighted by Crippen LogP contribution is 2.16. The van der Waals surface area contributed by atoms with Crippen LogP contribution in [0.1, 0.15) is 25.7 Å². The van der Waals surface area contributed by atoms with Crippen molar-refractivity contribution in [3.05, 3.63) is 12.5 Å². The molecule has 1 unspecified atom stereocenters. The number of ether oxygens (including phenoxy) is 1. The predicted octanol–water partition coefficient (Wildman–Crippen LogP) is 1.43. The van der Waals surface area contributed by atoms with Crippen molar-refractivity contribution in [3.63, 3.8) is 0 Å². The van der Waals surface area contributed by atoms with E-state index in [1.54, 1.807) is 6.20 Å². The molecule has 0 bridgehead atoms. The Balaban J connectivity index is 1.73. The van der Waals surface area contributed by atoms with Crippen molar-refractivity contribution in [1.29, 1.82) is 0 Å². The van der Waals surface area contributed by atoms with Gasteiger partial charge in [-0.15, -0.1) is 0 Å². The van der Waals surface area contributed by atoms with E-state index in [4.69, 9.17) is 10.5 Å². The van der Waals surface area contributed by atoms with E-state index in [-0.39, 0.29) is 0 Å². The standard InChI is InChI=1S/C11H18N4O/c12-10-7-13-8-15-11(10)14-5-4-9-3-1-2-6-16-9/h7-9H,1-6,12H2,(H,13,14,15). The molecule has 5 heteroatoms. The minimum Gasteiger partial charge on any atom is -0.394 e. The fraction of sp³-hybridized carbons (Fsp3) is 0.636. The monoisotopic (exact) mass is 222 g/mol. The maximum Gasteiger partial charge on any atom is 0.152 e. The van der Waals surface area contributed by atoms with Gasteiger partial charge in [0.1, 0.15) is 6.33 Å². The summed E-state index contributed by atoms with van der Waals surface area (Å²) in [7, 11) is 0. The molecule has 1 aromatic heterocycles. The van der Waals surface area contributed by atoms with E-state index in [1.165, 1.54) is 25.6 Å². The summed E-state index contributed by atoms with van der Waals surface area (Å²) < 4.78 is 5.64. The Morgan fingerprint density at radius 2 is 2.44 bits per heavy atom. The summed E-state index contributed by atoms with van der Waals surface area (Å²) in [5.41, 5.74) is 6.31. The molecule has 16 heavy (non-hydrogen) atoms. The lowest BCUT2D eigenvalue weighted by atomic mass is 10.1. The fourth-order valence-electron chi connectivity index (χ4n) is 1.87. The number of anilines is 2. The van der Waals surface area contributed by atoms with Crippen LogP contribution in [0.15, 0.2) is 12.5 Å². The van der Waals surface area contributed by atoms with Gasteiger partial charge in [0.2, 0.25) is 0 Å². The van der Waals surface area contributed by atoms with Gasteiger partial charge in [-0.1, -0.05) is 0 Å². The Labute approximate surface area is 95.4 Å². The average molecular weight is 222 g/mol. The van der Waals surface area contributed by atoms with E-state index in [9.17, 15) is 0 Å². The zero-order chi connectivity index (χ0) is 11.2. The Kier molecular flexibility index (Phi) is 3.93. The average Bonchev–Trinajstić information content (AvgIpc) is 2.33. The Morgan fingerprint density at radius 3 is 3.19 bits per heavy atom. The van der Waals surface area contributed by atoms with Crippen LogP contribution in [0.2, 0.25) is 0 Å². The summed E-state index contributed by atoms with van der Waals surface area (Å²) in [6.07, 6.45) is 8.14. The van der Waals surface area contributed by atoms with Crippen LogP contribution in [0.3, 0.4) is 0 Å². The first kappa shape index (κ1) is 11.1. The normalized spacial score (nSPS) is 20.6. The SMILES string of the molecule is Nc1cncnc1NCCC1CCCCO1. The second-order valence-corrected chi connectivity index (χ2v) is 4.03. The summed E-state index contributed by atoms with van der Waals surface area (Å²) >= 11 is 0. The minimum atomic E-state index is 0.393. The first-order valence-corrected chi connectivity index (χ1v) is 5.77. The van der Waals surface area contributed by atoms with E-state index in [1.807, 2.05) is 0 Å². The van der Waals surface area contributed by atoms with E-state index >= 15 is 0 Å². The van der Waals surface area contributed by atoms with Crippen LogP contribution in [0, 0.1) is 0 Å². The third-order valence-corrected chi connectivity index (χ3v) is 2.77. The molecule has 2 rings (SSSR count). The van der Waals surface area contributed by atoms with Crippen LogP contribution >= 0.6 is 0 Å². The summed E-state index contributed by atoms with van der Waals surface area (Å²) in [5.74, 6) is 0.714. The molecule has 1 fully saturated rings. The van der Waals surface area contributed by atoms with Gasteiger partial charge >= 0.3 is 0 Å². The van der Waals surface area contributed by atoms with Crippen LogP contribution in [0.4, 0.5) is 11.5 Å². The molecule has 0 aromatic carbocycles. The highest BCUT2D eigenvalue weighted by molar-refractivity contribution is 5.58. The van der Waals surface area contributed by atoms with Crippen LogP contribution < -0.4 is 11.1 Å². The first-order valence-electron chi connectivity index (χ1n) is 5.77. The second-order valence-electron chi connectivity index (χ2n) is 4.03. The molecule has 5 nitrogen and oxygen atoms in total. The maximum absolute atomic E-state index is 5.72. The van der Waals surface area contributed by atoms with Gasteiger partial charge in [0, 0.05) is 13.2 Å². The van der Waals surface area contributed by atoms with Crippen molar-refractivity contribution < 1.29 is 4.74 Å². The predicted molar refractivity (Wildman–Crippen MR) is 63.1 cm³/mol. The molecule has 1 aromatic rings. The van der Waals surface area contributed by atoms with Crippen LogP contribution in [-0.2, 0) is 4.74 Å². The maximum atomic E-state index is 5.72. The number of aromatic nitrogens is 2. The largest absolute Gasteiger partial charge is 0.394 e. The zero-order valence-electron chi connectivity index (χ0n) is 9.35. The van der Waals surface area contributed by atoms with Gasteiger partial charge in [0.05, 0.1) is 18.0 Å². The van der Waals surface area contributed by atoms with Crippen molar-refractivity contribution in [2.24, 2.45) is 0 Å². The Hall–Kier alpha value is -1.36. The highest BCUT2D eigenvalue weighted by Gasteiger charge is 2.13. The molecule has 1 aliphatic heterocycles. The van der Waals surface area contributed by atoms with E-state index in [0.29, 0.717) is 17.6 Å². The lowest BCUT2D eigenvalue weighted by molar-refractivity contribution is 0.0134. The molecule has 1 atom stereocenters. The molecule has 1 aliphatic rings. The van der Waals surface area contributed by atoms with Crippen molar-refractivity contribution in [2.45, 2.75) is 31.8 Å². The number of nitrogens with zero attached hydrogens (tertiary/aromatic N) is 2. The molecular weight excluding hydrogens is 204 g/mol. The lowest BCUT2D eigenvalue weighted by Crippen LogP contribution is -2.22. The van der Waals surface area contributed by atoms with Crippen LogP contribution in [0.5, 0.6) is 0 Å². The van der Waals surface area contributed by atoms with Crippen molar-refractivity contribution in [1.82, 2.24) is 9.97 Å². The molecule has 3 N–H and O–H groups in total. The van der Waals surface area contributed by atoms with Gasteiger partial charge in [0.15, 0.2) is 5.82 Å². The number of hydrogen-bond donors (Lipinski definition) is 2. The van der Waals surface area contributed by atoms with E-state index in [0.717, 1.165) is 19.6 Å². The van der Waals surface area contributed by atoms with Crippen molar-refractivity contribution >= 4 is 11.5 Å². The Morgan fingerprint density at radius 1 is 1.50 bits per heavy atom. The van der Waals surface area contributed by atoms with Gasteiger partial charge < -0.3 is 15.8 Å². The van der Waals surface area contributed by atoms with Crippen LogP contribution in [0.25, 0.3) is 0 Å². The summed E-state index contributed by atoms with van der Waals surface area (Å²) in [4.78, 5) is 7.91. The number of nitrogens with two attached hydrogens (primary N) is 1. The van der Waals surface area contributed by atoms with Gasteiger partial charge in [0.25, 0.3) is 0 Å². The molecule has 0 amide bonds. The minimum absolute atomic E-state index is 0.393. The van der Waals surface area contributed by atoms with Gasteiger partial charge in [-0.05, 0) is 25.7 Å². The first-order chi connectivity index (χ1) is 7.86. The summed E-state index contributed by atoms with van der Waals surface area (Å²) in [6, 6.07) is 0. The molecule has 0 saturated carbocycles. The number of nitrogen functional groups attached to an aromatic ring is 1. The second kappa shape index (κ2) is 5.65. The fourth-order valence-corrected chi connectivity index (χ4v) is 1.87. The van der Waals surface area contributed by atoms with Gasteiger partial charge in [-0.2, -0.15) is 0 Å². The molecule has 1 saturated heterocycles. The topological polar surface area (TPSA) is 73.1 Å². The molecule has 2 heterocycles. The third kappa shape index (κ3) is 3.06. The highest BCUT2D eigenvalue weighted by atomic mass is 16.5. The zero-order valence-corrected chi connectivity index (χ0v) is 9.35. The molecule has 0 aliphatic carbocycles. The van der Waals surface area contributed by atoms with Crippen molar-refractivity contribution in [3.8, 4) is 0 Å². The number of hydrogen-bond acceptors (Lipinski definition) is 5. The van der Waals surface area contributed by atoms with Crippen molar-refractivity contribution in [2.75, 3.05) is 24.2 Å². The van der Waals surface area contributed by atoms with Crippen LogP contribution in [-0.4, -0.2) is 29.2 Å². The summed E-state index contributed by atoms with van der Waals surface area (Å²) in [5, 5.41) is 3.20. The number of rotatable bonds is 4. The molecule has 0 radical (unpaired) electrons. The Bertz CT molecular complexity index is 326. The molecular formula is C11H18N4O. The molecule has 0 spiro atoms. The quantitative estimate of drug-likeness (QED) is 0.806. The van der Waals surface area contributed by atoms with Gasteiger partial charge in [-0.3, -0.25) is 0 Å². The number of nitrogens with one attached hydrogen (secondary N) is 1. The third-order valence-electron chi connectivity index (χ3n) is 2.77. The molecule has 88 valence electrons. The lowest BCUT2D eigenvalue weighted by Gasteiger charge is -2.22. The summed E-state index contributed by atoms with van der Waals surface area (Å²) in [6.45, 7) is 1.74. The smallest absolute Gasteiger partial charge is 0.152 e. The van der Waals surface area contributed by atoms with E-state index in [2.05, 4.69) is 15.3 Å². The van der Waals surface area contributed by atoms with E-state index < -0.39 is 0 Å². The van der Waals surface area contributed by atoms with Gasteiger partial charge in [-0.25, -0.2) is 9.97 Å².